The molecular formula is C19H20Cl2FN5O2S2. The summed E-state index contributed by atoms with van der Waals surface area (Å²) in [6, 6.07) is 7.33. The van der Waals surface area contributed by atoms with E-state index in [2.05, 4.69) is 20.3 Å². The fourth-order valence-corrected chi connectivity index (χ4v) is 5.06. The number of anilines is 4. The second kappa shape index (κ2) is 10.0. The molecule has 1 aromatic heterocycles. The summed E-state index contributed by atoms with van der Waals surface area (Å²) in [6.45, 7) is 1.45. The average molecular weight is 504 g/mol. The van der Waals surface area contributed by atoms with E-state index in [1.807, 2.05) is 19.0 Å². The first-order valence-electron chi connectivity index (χ1n) is 9.05. The fourth-order valence-electron chi connectivity index (χ4n) is 2.75. The number of benzene rings is 2. The number of hydrogen-bond acceptors (Lipinski definition) is 7. The number of nitrogens with one attached hydrogen (secondary N) is 3. The lowest BCUT2D eigenvalue weighted by molar-refractivity contribution is 0.571. The summed E-state index contributed by atoms with van der Waals surface area (Å²) in [5, 5.41) is 8.47. The number of hydrogen-bond donors (Lipinski definition) is 3. The normalized spacial score (nSPS) is 11.4. The Morgan fingerprint density at radius 3 is 2.65 bits per heavy atom. The summed E-state index contributed by atoms with van der Waals surface area (Å²) in [5.41, 5.74) is 1.64. The van der Waals surface area contributed by atoms with Crippen molar-refractivity contribution in [3.63, 3.8) is 0 Å². The first kappa shape index (κ1) is 23.6. The molecule has 166 valence electrons. The molecule has 0 radical (unpaired) electrons. The number of halogens is 3. The van der Waals surface area contributed by atoms with Crippen LogP contribution in [-0.2, 0) is 10.0 Å². The number of thiazole rings is 1. The van der Waals surface area contributed by atoms with Crippen LogP contribution in [0, 0.1) is 5.82 Å². The van der Waals surface area contributed by atoms with Gasteiger partial charge in [-0.2, -0.15) is 0 Å². The van der Waals surface area contributed by atoms with Crippen molar-refractivity contribution in [1.82, 2.24) is 10.3 Å². The van der Waals surface area contributed by atoms with E-state index in [1.54, 1.807) is 23.6 Å². The van der Waals surface area contributed by atoms with Crippen LogP contribution < -0.4 is 20.3 Å². The van der Waals surface area contributed by atoms with Crippen molar-refractivity contribution in [3.8, 4) is 0 Å². The van der Waals surface area contributed by atoms with Gasteiger partial charge in [0.05, 0.1) is 22.1 Å². The van der Waals surface area contributed by atoms with Crippen LogP contribution >= 0.6 is 34.5 Å². The minimum absolute atomic E-state index is 0.0414. The van der Waals surface area contributed by atoms with Gasteiger partial charge in [0.2, 0.25) is 0 Å². The van der Waals surface area contributed by atoms with E-state index in [4.69, 9.17) is 23.2 Å². The maximum Gasteiger partial charge on any atom is 0.266 e. The SMILES string of the molecule is CNCCN(C)c1cc(Cl)ccc1Nc1cc(F)c(S(=O)(=O)Nc2nccs2)cc1Cl. The molecule has 0 unspecified atom stereocenters. The lowest BCUT2D eigenvalue weighted by Crippen LogP contribution is -2.27. The van der Waals surface area contributed by atoms with Crippen LogP contribution in [0.4, 0.5) is 26.6 Å². The molecule has 0 aliphatic heterocycles. The maximum atomic E-state index is 14.8. The highest BCUT2D eigenvalue weighted by Gasteiger charge is 2.23. The van der Waals surface area contributed by atoms with Gasteiger partial charge < -0.3 is 15.5 Å². The van der Waals surface area contributed by atoms with Gasteiger partial charge in [-0.1, -0.05) is 23.2 Å². The fraction of sp³-hybridized carbons (Fsp3) is 0.211. The zero-order valence-electron chi connectivity index (χ0n) is 16.6. The lowest BCUT2D eigenvalue weighted by atomic mass is 10.2. The van der Waals surface area contributed by atoms with Crippen molar-refractivity contribution in [3.05, 3.63) is 57.8 Å². The van der Waals surface area contributed by atoms with Gasteiger partial charge in [0.15, 0.2) is 5.13 Å². The van der Waals surface area contributed by atoms with Crippen molar-refractivity contribution in [2.24, 2.45) is 0 Å². The van der Waals surface area contributed by atoms with Crippen LogP contribution in [0.2, 0.25) is 10.0 Å². The number of rotatable bonds is 9. The number of aromatic nitrogens is 1. The van der Waals surface area contributed by atoms with Crippen LogP contribution in [0.15, 0.2) is 46.8 Å². The van der Waals surface area contributed by atoms with Crippen molar-refractivity contribution in [2.75, 3.05) is 42.1 Å². The van der Waals surface area contributed by atoms with E-state index in [1.165, 1.54) is 6.20 Å². The average Bonchev–Trinajstić information content (AvgIpc) is 3.22. The predicted molar refractivity (Wildman–Crippen MR) is 126 cm³/mol. The molecule has 3 aromatic rings. The lowest BCUT2D eigenvalue weighted by Gasteiger charge is -2.23. The van der Waals surface area contributed by atoms with Crippen molar-refractivity contribution >= 4 is 66.8 Å². The van der Waals surface area contributed by atoms with E-state index in [0.29, 0.717) is 17.3 Å². The van der Waals surface area contributed by atoms with E-state index in [0.717, 1.165) is 35.7 Å². The number of sulfonamides is 1. The molecule has 0 saturated heterocycles. The molecule has 2 aromatic carbocycles. The predicted octanol–water partition coefficient (Wildman–Crippen LogP) is 4.79. The van der Waals surface area contributed by atoms with Gasteiger partial charge in [-0.3, -0.25) is 4.72 Å². The largest absolute Gasteiger partial charge is 0.372 e. The molecule has 3 N–H and O–H groups in total. The zero-order valence-corrected chi connectivity index (χ0v) is 19.8. The van der Waals surface area contributed by atoms with Crippen LogP contribution in [0.5, 0.6) is 0 Å². The highest BCUT2D eigenvalue weighted by Crippen LogP contribution is 2.35. The molecule has 0 bridgehead atoms. The molecule has 0 fully saturated rings. The Labute approximate surface area is 194 Å². The number of nitrogens with zero attached hydrogens (tertiary/aromatic N) is 2. The first-order chi connectivity index (χ1) is 14.7. The van der Waals surface area contributed by atoms with Crippen LogP contribution in [0.1, 0.15) is 0 Å². The monoisotopic (exact) mass is 503 g/mol. The van der Waals surface area contributed by atoms with E-state index in [9.17, 15) is 12.8 Å². The molecule has 31 heavy (non-hydrogen) atoms. The Kier molecular flexibility index (Phi) is 7.60. The van der Waals surface area contributed by atoms with Gasteiger partial charge in [-0.05, 0) is 31.3 Å². The van der Waals surface area contributed by atoms with E-state index < -0.39 is 20.7 Å². The highest BCUT2D eigenvalue weighted by atomic mass is 35.5. The summed E-state index contributed by atoms with van der Waals surface area (Å²) < 4.78 is 42.1. The van der Waals surface area contributed by atoms with Crippen molar-refractivity contribution in [1.29, 1.82) is 0 Å². The van der Waals surface area contributed by atoms with Crippen molar-refractivity contribution < 1.29 is 12.8 Å². The van der Waals surface area contributed by atoms with E-state index in [-0.39, 0.29) is 15.8 Å². The maximum absolute atomic E-state index is 14.8. The molecule has 0 spiro atoms. The molecule has 0 atom stereocenters. The molecule has 7 nitrogen and oxygen atoms in total. The van der Waals surface area contributed by atoms with Crippen LogP contribution in [0.25, 0.3) is 0 Å². The van der Waals surface area contributed by atoms with E-state index >= 15 is 0 Å². The molecule has 0 saturated carbocycles. The molecular weight excluding hydrogens is 484 g/mol. The second-order valence-corrected chi connectivity index (χ2v) is 9.91. The van der Waals surface area contributed by atoms with Gasteiger partial charge in [0.1, 0.15) is 10.7 Å². The minimum Gasteiger partial charge on any atom is -0.372 e. The minimum atomic E-state index is -4.19. The van der Waals surface area contributed by atoms with Gasteiger partial charge in [0.25, 0.3) is 10.0 Å². The summed E-state index contributed by atoms with van der Waals surface area (Å²) >= 11 is 13.5. The van der Waals surface area contributed by atoms with Crippen LogP contribution in [-0.4, -0.2) is 40.6 Å². The zero-order chi connectivity index (χ0) is 22.6. The van der Waals surface area contributed by atoms with Gasteiger partial charge in [-0.15, -0.1) is 11.3 Å². The molecule has 1 heterocycles. The summed E-state index contributed by atoms with van der Waals surface area (Å²) in [6.07, 6.45) is 1.44. The summed E-state index contributed by atoms with van der Waals surface area (Å²) in [4.78, 5) is 5.26. The third-order valence-corrected chi connectivity index (χ3v) is 7.02. The van der Waals surface area contributed by atoms with Gasteiger partial charge in [-0.25, -0.2) is 17.8 Å². The molecule has 0 aliphatic carbocycles. The molecule has 12 heteroatoms. The quantitative estimate of drug-likeness (QED) is 0.389. The second-order valence-electron chi connectivity index (χ2n) is 6.52. The molecule has 0 amide bonds. The number of likely N-dealkylation sites (N-methyl/N-ethyl adjacent to an activating group) is 2. The van der Waals surface area contributed by atoms with Crippen molar-refractivity contribution in [2.45, 2.75) is 4.90 Å². The Bertz CT molecular complexity index is 1160. The standard InChI is InChI=1S/C19H20Cl2FN5O2S2/c1-23-5-7-27(2)17-9-12(20)3-4-15(17)25-16-11-14(22)18(10-13(16)21)31(28,29)26-19-24-6-8-30-19/h3-4,6,8-11,23,25H,5,7H2,1-2H3,(H,24,26). The van der Waals surface area contributed by atoms with Gasteiger partial charge in [0, 0.05) is 42.8 Å². The Morgan fingerprint density at radius 2 is 1.97 bits per heavy atom. The Hall–Kier alpha value is -2.11. The Morgan fingerprint density at radius 1 is 1.19 bits per heavy atom. The third kappa shape index (κ3) is 5.78. The van der Waals surface area contributed by atoms with Crippen LogP contribution in [0.3, 0.4) is 0 Å². The third-order valence-electron chi connectivity index (χ3n) is 4.30. The highest BCUT2D eigenvalue weighted by molar-refractivity contribution is 7.93. The van der Waals surface area contributed by atoms with Gasteiger partial charge >= 0.3 is 0 Å². The molecule has 0 aliphatic rings. The smallest absolute Gasteiger partial charge is 0.266 e. The Balaban J connectivity index is 1.91. The summed E-state index contributed by atoms with van der Waals surface area (Å²) in [5.74, 6) is -0.949. The summed E-state index contributed by atoms with van der Waals surface area (Å²) in [7, 11) is -0.433. The first-order valence-corrected chi connectivity index (χ1v) is 12.2. The topological polar surface area (TPSA) is 86.4 Å². The molecule has 3 rings (SSSR count).